The largest absolute Gasteiger partial charge is 0.329 e. The lowest BCUT2D eigenvalue weighted by Crippen LogP contribution is -2.38. The lowest BCUT2D eigenvalue weighted by molar-refractivity contribution is 0.0711. The maximum Gasteiger partial charge on any atom is 0.264 e. The number of imidazole rings is 1. The summed E-state index contributed by atoms with van der Waals surface area (Å²) >= 11 is 1.48. The van der Waals surface area contributed by atoms with Gasteiger partial charge in [-0.05, 0) is 11.4 Å². The van der Waals surface area contributed by atoms with Gasteiger partial charge >= 0.3 is 0 Å². The van der Waals surface area contributed by atoms with Crippen molar-refractivity contribution in [2.45, 2.75) is 19.6 Å². The van der Waals surface area contributed by atoms with Crippen LogP contribution in [0.5, 0.6) is 0 Å². The minimum absolute atomic E-state index is 0.0853. The molecule has 1 aliphatic heterocycles. The predicted octanol–water partition coefficient (Wildman–Crippen LogP) is 1.24. The highest BCUT2D eigenvalue weighted by Gasteiger charge is 2.24. The van der Waals surface area contributed by atoms with Gasteiger partial charge in [0.25, 0.3) is 5.91 Å². The summed E-state index contributed by atoms with van der Waals surface area (Å²) in [6, 6.07) is 3.77. The van der Waals surface area contributed by atoms with E-state index in [1.807, 2.05) is 28.6 Å². The first-order chi connectivity index (χ1) is 10.8. The van der Waals surface area contributed by atoms with Crippen LogP contribution in [0.4, 0.5) is 0 Å². The van der Waals surface area contributed by atoms with Crippen LogP contribution in [0.2, 0.25) is 0 Å². The fourth-order valence-electron chi connectivity index (χ4n) is 2.66. The third kappa shape index (κ3) is 2.31. The number of nitrogens with zero attached hydrogens (tertiary/aromatic N) is 6. The molecule has 1 amide bonds. The molecule has 0 saturated heterocycles. The molecule has 4 heterocycles. The van der Waals surface area contributed by atoms with E-state index in [1.165, 1.54) is 17.7 Å². The van der Waals surface area contributed by atoms with E-state index in [-0.39, 0.29) is 5.91 Å². The van der Waals surface area contributed by atoms with Crippen LogP contribution in [0.1, 0.15) is 21.2 Å². The third-order valence-corrected chi connectivity index (χ3v) is 4.61. The standard InChI is InChI=1S/C14H14N6OS/c21-14(12-2-1-5-22-12)18-3-4-20-11(6-16-13(20)8-18)7-19-10-15-9-17-19/h1-2,5-6,9-10H,3-4,7-8H2. The number of hydrogen-bond donors (Lipinski definition) is 0. The maximum absolute atomic E-state index is 12.4. The summed E-state index contributed by atoms with van der Waals surface area (Å²) in [6.45, 7) is 2.65. The van der Waals surface area contributed by atoms with E-state index in [4.69, 9.17) is 0 Å². The van der Waals surface area contributed by atoms with Gasteiger partial charge in [0, 0.05) is 13.1 Å². The van der Waals surface area contributed by atoms with Gasteiger partial charge < -0.3 is 9.47 Å². The SMILES string of the molecule is O=C(c1cccs1)N1CCn2c(Cn3cncn3)cnc2C1. The molecule has 112 valence electrons. The molecule has 3 aromatic heterocycles. The van der Waals surface area contributed by atoms with E-state index in [1.54, 1.807) is 11.0 Å². The van der Waals surface area contributed by atoms with Gasteiger partial charge in [-0.25, -0.2) is 14.6 Å². The molecule has 22 heavy (non-hydrogen) atoms. The Hall–Kier alpha value is -2.48. The van der Waals surface area contributed by atoms with Crippen molar-refractivity contribution in [2.75, 3.05) is 6.54 Å². The van der Waals surface area contributed by atoms with Crippen molar-refractivity contribution < 1.29 is 4.79 Å². The predicted molar refractivity (Wildman–Crippen MR) is 80.4 cm³/mol. The first-order valence-corrected chi connectivity index (χ1v) is 7.88. The number of carbonyl (C=O) groups excluding carboxylic acids is 1. The van der Waals surface area contributed by atoms with Crippen molar-refractivity contribution in [1.29, 1.82) is 0 Å². The fraction of sp³-hybridized carbons (Fsp3) is 0.286. The number of fused-ring (bicyclic) bond motifs is 1. The van der Waals surface area contributed by atoms with Crippen LogP contribution in [0.3, 0.4) is 0 Å². The molecule has 0 bridgehead atoms. The Labute approximate surface area is 130 Å². The molecule has 0 aromatic carbocycles. The van der Waals surface area contributed by atoms with E-state index < -0.39 is 0 Å². The van der Waals surface area contributed by atoms with Gasteiger partial charge in [-0.3, -0.25) is 4.79 Å². The minimum atomic E-state index is 0.0853. The van der Waals surface area contributed by atoms with Crippen molar-refractivity contribution in [1.82, 2.24) is 29.2 Å². The third-order valence-electron chi connectivity index (χ3n) is 3.76. The molecule has 0 radical (unpaired) electrons. The van der Waals surface area contributed by atoms with E-state index in [9.17, 15) is 4.79 Å². The highest BCUT2D eigenvalue weighted by molar-refractivity contribution is 7.12. The molecule has 0 N–H and O–H groups in total. The average Bonchev–Trinajstić information content (AvgIpc) is 3.29. The molecule has 0 unspecified atom stereocenters. The van der Waals surface area contributed by atoms with Gasteiger partial charge in [-0.1, -0.05) is 6.07 Å². The highest BCUT2D eigenvalue weighted by Crippen LogP contribution is 2.19. The number of aromatic nitrogens is 5. The lowest BCUT2D eigenvalue weighted by Gasteiger charge is -2.28. The Bertz CT molecular complexity index is 776. The topological polar surface area (TPSA) is 68.8 Å². The number of hydrogen-bond acceptors (Lipinski definition) is 5. The molecule has 4 rings (SSSR count). The van der Waals surface area contributed by atoms with Crippen molar-refractivity contribution in [3.63, 3.8) is 0 Å². The van der Waals surface area contributed by atoms with Gasteiger partial charge in [-0.15, -0.1) is 11.3 Å². The zero-order valence-corrected chi connectivity index (χ0v) is 12.6. The average molecular weight is 314 g/mol. The highest BCUT2D eigenvalue weighted by atomic mass is 32.1. The zero-order chi connectivity index (χ0) is 14.9. The van der Waals surface area contributed by atoms with Crippen LogP contribution in [0.25, 0.3) is 0 Å². The summed E-state index contributed by atoms with van der Waals surface area (Å²) in [5.41, 5.74) is 1.09. The molecule has 0 saturated carbocycles. The molecule has 7 nitrogen and oxygen atoms in total. The lowest BCUT2D eigenvalue weighted by atomic mass is 10.3. The Morgan fingerprint density at radius 2 is 2.32 bits per heavy atom. The first kappa shape index (κ1) is 13.2. The van der Waals surface area contributed by atoms with Gasteiger partial charge in [0.2, 0.25) is 0 Å². The van der Waals surface area contributed by atoms with Crippen LogP contribution >= 0.6 is 11.3 Å². The van der Waals surface area contributed by atoms with E-state index in [0.29, 0.717) is 19.6 Å². The first-order valence-electron chi connectivity index (χ1n) is 7.00. The summed E-state index contributed by atoms with van der Waals surface area (Å²) in [5.74, 6) is 1.01. The Morgan fingerprint density at radius 1 is 1.36 bits per heavy atom. The van der Waals surface area contributed by atoms with Crippen LogP contribution in [0.15, 0.2) is 36.4 Å². The molecule has 0 spiro atoms. The van der Waals surface area contributed by atoms with E-state index >= 15 is 0 Å². The van der Waals surface area contributed by atoms with Gasteiger partial charge in [0.05, 0.1) is 29.9 Å². The summed E-state index contributed by atoms with van der Waals surface area (Å²) < 4.78 is 3.94. The summed E-state index contributed by atoms with van der Waals surface area (Å²) in [7, 11) is 0. The minimum Gasteiger partial charge on any atom is -0.329 e. The zero-order valence-electron chi connectivity index (χ0n) is 11.8. The van der Waals surface area contributed by atoms with Crippen molar-refractivity contribution in [2.24, 2.45) is 0 Å². The smallest absolute Gasteiger partial charge is 0.264 e. The maximum atomic E-state index is 12.4. The second kappa shape index (κ2) is 5.38. The second-order valence-corrected chi connectivity index (χ2v) is 6.06. The van der Waals surface area contributed by atoms with Gasteiger partial charge in [-0.2, -0.15) is 5.10 Å². The quantitative estimate of drug-likeness (QED) is 0.729. The normalized spacial score (nSPS) is 14.1. The Balaban J connectivity index is 1.53. The number of amides is 1. The molecule has 1 aliphatic rings. The Kier molecular flexibility index (Phi) is 3.23. The van der Waals surface area contributed by atoms with Crippen molar-refractivity contribution in [3.05, 3.63) is 52.8 Å². The number of rotatable bonds is 3. The summed E-state index contributed by atoms with van der Waals surface area (Å²) in [6.07, 6.45) is 5.07. The second-order valence-electron chi connectivity index (χ2n) is 5.11. The monoisotopic (exact) mass is 314 g/mol. The molecule has 0 aliphatic carbocycles. The van der Waals surface area contributed by atoms with Gasteiger partial charge in [0.1, 0.15) is 18.5 Å². The number of thiophene rings is 1. The van der Waals surface area contributed by atoms with Crippen LogP contribution in [0, 0.1) is 0 Å². The number of carbonyl (C=O) groups is 1. The van der Waals surface area contributed by atoms with Crippen LogP contribution in [-0.4, -0.2) is 41.7 Å². The molecular weight excluding hydrogens is 300 g/mol. The van der Waals surface area contributed by atoms with Crippen LogP contribution in [-0.2, 0) is 19.6 Å². The fourth-order valence-corrected chi connectivity index (χ4v) is 3.35. The summed E-state index contributed by atoms with van der Waals surface area (Å²) in [5, 5.41) is 6.04. The van der Waals surface area contributed by atoms with E-state index in [0.717, 1.165) is 22.9 Å². The molecule has 0 fully saturated rings. The molecular formula is C14H14N6OS. The molecule has 8 heteroatoms. The molecule has 0 atom stereocenters. The van der Waals surface area contributed by atoms with Crippen LogP contribution < -0.4 is 0 Å². The molecule has 3 aromatic rings. The van der Waals surface area contributed by atoms with Crippen molar-refractivity contribution in [3.8, 4) is 0 Å². The van der Waals surface area contributed by atoms with Gasteiger partial charge in [0.15, 0.2) is 0 Å². The Morgan fingerprint density at radius 3 is 3.09 bits per heavy atom. The van der Waals surface area contributed by atoms with E-state index in [2.05, 4.69) is 19.6 Å². The van der Waals surface area contributed by atoms with Crippen molar-refractivity contribution >= 4 is 17.2 Å². The summed E-state index contributed by atoms with van der Waals surface area (Å²) in [4.78, 5) is 23.5.